The number of anilines is 1. The third kappa shape index (κ3) is 5.64. The van der Waals surface area contributed by atoms with Gasteiger partial charge in [0.2, 0.25) is 11.0 Å². The van der Waals surface area contributed by atoms with E-state index in [1.165, 1.54) is 11.3 Å². The van der Waals surface area contributed by atoms with E-state index in [0.29, 0.717) is 16.8 Å². The lowest BCUT2D eigenvalue weighted by atomic mass is 10.2. The zero-order valence-corrected chi connectivity index (χ0v) is 15.1. The van der Waals surface area contributed by atoms with Crippen LogP contribution in [0.2, 0.25) is 5.02 Å². The molecule has 23 heavy (non-hydrogen) atoms. The summed E-state index contributed by atoms with van der Waals surface area (Å²) in [6.07, 6.45) is 1.53. The molecular formula is C15H17Cl2N3O2S. The lowest BCUT2D eigenvalue weighted by Crippen LogP contribution is -2.20. The number of hydrogen-bond acceptors (Lipinski definition) is 5. The van der Waals surface area contributed by atoms with Crippen LogP contribution >= 0.6 is 34.5 Å². The fourth-order valence-corrected chi connectivity index (χ4v) is 2.86. The summed E-state index contributed by atoms with van der Waals surface area (Å²) in [4.78, 5) is 11.5. The zero-order chi connectivity index (χ0) is 16.8. The second-order valence-electron chi connectivity index (χ2n) is 4.97. The normalized spacial score (nSPS) is 12.0. The van der Waals surface area contributed by atoms with Gasteiger partial charge >= 0.3 is 0 Å². The molecule has 0 fully saturated rings. The van der Waals surface area contributed by atoms with Crippen LogP contribution in [-0.2, 0) is 11.2 Å². The van der Waals surface area contributed by atoms with E-state index in [9.17, 15) is 4.79 Å². The molecule has 1 atom stereocenters. The van der Waals surface area contributed by atoms with Gasteiger partial charge in [-0.2, -0.15) is 0 Å². The molecule has 1 amide bonds. The first-order valence-corrected chi connectivity index (χ1v) is 8.75. The number of halogens is 2. The minimum absolute atomic E-state index is 0.282. The fraction of sp³-hybridized carbons (Fsp3) is 0.400. The van der Waals surface area contributed by atoms with Crippen LogP contribution in [0, 0.1) is 6.92 Å². The van der Waals surface area contributed by atoms with Crippen LogP contribution in [0.1, 0.15) is 23.9 Å². The second-order valence-corrected chi connectivity index (χ2v) is 7.12. The summed E-state index contributed by atoms with van der Waals surface area (Å²) >= 11 is 12.9. The quantitative estimate of drug-likeness (QED) is 0.586. The van der Waals surface area contributed by atoms with Crippen molar-refractivity contribution in [1.82, 2.24) is 10.2 Å². The third-order valence-corrected chi connectivity index (χ3v) is 4.32. The lowest BCUT2D eigenvalue weighted by Gasteiger charge is -2.08. The third-order valence-electron chi connectivity index (χ3n) is 2.99. The molecular weight excluding hydrogens is 357 g/mol. The molecule has 8 heteroatoms. The van der Waals surface area contributed by atoms with Crippen LogP contribution in [0.3, 0.4) is 0 Å². The Labute approximate surface area is 149 Å². The minimum atomic E-state index is -0.599. The molecule has 2 aromatic rings. The molecule has 5 nitrogen and oxygen atoms in total. The number of nitrogens with zero attached hydrogens (tertiary/aromatic N) is 2. The number of carbonyl (C=O) groups excluding carboxylic acids is 1. The van der Waals surface area contributed by atoms with Crippen molar-refractivity contribution in [1.29, 1.82) is 0 Å². The Kier molecular flexibility index (Phi) is 6.62. The summed E-state index contributed by atoms with van der Waals surface area (Å²) in [5.41, 5.74) is 1.01. The van der Waals surface area contributed by atoms with Crippen molar-refractivity contribution in [2.45, 2.75) is 32.1 Å². The van der Waals surface area contributed by atoms with E-state index >= 15 is 0 Å². The number of carbonyl (C=O) groups is 1. The van der Waals surface area contributed by atoms with Gasteiger partial charge in [0, 0.05) is 11.4 Å². The maximum Gasteiger partial charge on any atom is 0.243 e. The Bertz CT molecular complexity index is 676. The van der Waals surface area contributed by atoms with E-state index in [1.807, 2.05) is 25.1 Å². The van der Waals surface area contributed by atoms with Gasteiger partial charge in [-0.05, 0) is 44.0 Å². The summed E-state index contributed by atoms with van der Waals surface area (Å²) in [6, 6.07) is 5.54. The summed E-state index contributed by atoms with van der Waals surface area (Å²) in [7, 11) is 0. The molecule has 1 aromatic heterocycles. The van der Waals surface area contributed by atoms with Crippen LogP contribution in [0.25, 0.3) is 0 Å². The maximum atomic E-state index is 11.5. The number of rotatable bonds is 7. The highest BCUT2D eigenvalue weighted by Gasteiger charge is 2.12. The smallest absolute Gasteiger partial charge is 0.243 e. The van der Waals surface area contributed by atoms with Gasteiger partial charge in [0.05, 0.1) is 6.61 Å². The predicted octanol–water partition coefficient (Wildman–Crippen LogP) is 4.08. The lowest BCUT2D eigenvalue weighted by molar-refractivity contribution is -0.115. The van der Waals surface area contributed by atoms with Crippen molar-refractivity contribution in [2.24, 2.45) is 0 Å². The molecule has 0 radical (unpaired) electrons. The van der Waals surface area contributed by atoms with Gasteiger partial charge in [-0.1, -0.05) is 22.9 Å². The van der Waals surface area contributed by atoms with Crippen LogP contribution < -0.4 is 10.1 Å². The predicted molar refractivity (Wildman–Crippen MR) is 93.9 cm³/mol. The molecule has 1 aromatic carbocycles. The van der Waals surface area contributed by atoms with Gasteiger partial charge in [0.25, 0.3) is 0 Å². The Hall–Kier alpha value is -1.37. The number of benzene rings is 1. The largest absolute Gasteiger partial charge is 0.493 e. The van der Waals surface area contributed by atoms with Gasteiger partial charge < -0.3 is 4.74 Å². The zero-order valence-electron chi connectivity index (χ0n) is 12.8. The van der Waals surface area contributed by atoms with E-state index in [-0.39, 0.29) is 5.91 Å². The van der Waals surface area contributed by atoms with Crippen molar-refractivity contribution < 1.29 is 9.53 Å². The van der Waals surface area contributed by atoms with E-state index < -0.39 is 5.38 Å². The van der Waals surface area contributed by atoms with Crippen LogP contribution in [0.5, 0.6) is 5.75 Å². The van der Waals surface area contributed by atoms with E-state index in [4.69, 9.17) is 27.9 Å². The monoisotopic (exact) mass is 373 g/mol. The molecule has 1 heterocycles. The van der Waals surface area contributed by atoms with Crippen molar-refractivity contribution in [3.05, 3.63) is 33.8 Å². The summed E-state index contributed by atoms with van der Waals surface area (Å²) in [5, 5.41) is 12.0. The maximum absolute atomic E-state index is 11.5. The first kappa shape index (κ1) is 18.0. The molecule has 0 saturated carbocycles. The Balaban J connectivity index is 1.76. The highest BCUT2D eigenvalue weighted by Crippen LogP contribution is 2.22. The molecule has 2 rings (SSSR count). The Morgan fingerprint density at radius 1 is 1.43 bits per heavy atom. The second kappa shape index (κ2) is 8.47. The van der Waals surface area contributed by atoms with Gasteiger partial charge in [0.15, 0.2) is 0 Å². The van der Waals surface area contributed by atoms with Crippen molar-refractivity contribution in [3.8, 4) is 5.75 Å². The van der Waals surface area contributed by atoms with Crippen LogP contribution in [0.15, 0.2) is 18.2 Å². The first-order valence-electron chi connectivity index (χ1n) is 7.12. The molecule has 1 N–H and O–H groups in total. The number of alkyl halides is 1. The van der Waals surface area contributed by atoms with Crippen LogP contribution in [-0.4, -0.2) is 28.1 Å². The Morgan fingerprint density at radius 2 is 2.22 bits per heavy atom. The molecule has 0 saturated heterocycles. The number of nitrogens with one attached hydrogen (secondary N) is 1. The highest BCUT2D eigenvalue weighted by atomic mass is 35.5. The molecule has 0 aliphatic heterocycles. The van der Waals surface area contributed by atoms with Crippen molar-refractivity contribution in [3.63, 3.8) is 0 Å². The number of hydrogen-bond donors (Lipinski definition) is 1. The van der Waals surface area contributed by atoms with Gasteiger partial charge in [0.1, 0.15) is 16.1 Å². The molecule has 0 aliphatic rings. The fourth-order valence-electron chi connectivity index (χ4n) is 1.79. The van der Waals surface area contributed by atoms with E-state index in [0.717, 1.165) is 29.2 Å². The van der Waals surface area contributed by atoms with Gasteiger partial charge in [-0.3, -0.25) is 10.1 Å². The summed E-state index contributed by atoms with van der Waals surface area (Å²) in [5.74, 6) is 0.548. The van der Waals surface area contributed by atoms with Gasteiger partial charge in [-0.15, -0.1) is 21.8 Å². The highest BCUT2D eigenvalue weighted by molar-refractivity contribution is 7.15. The topological polar surface area (TPSA) is 64.1 Å². The molecule has 0 spiro atoms. The molecule has 124 valence electrons. The van der Waals surface area contributed by atoms with E-state index in [1.54, 1.807) is 6.92 Å². The SMILES string of the molecule is Cc1cc(Cl)ccc1OCCCc1nnc(NC(=O)C(C)Cl)s1. The van der Waals surface area contributed by atoms with Crippen molar-refractivity contribution in [2.75, 3.05) is 11.9 Å². The number of amides is 1. The Morgan fingerprint density at radius 3 is 2.91 bits per heavy atom. The molecule has 0 aliphatic carbocycles. The number of ether oxygens (including phenoxy) is 1. The summed E-state index contributed by atoms with van der Waals surface area (Å²) in [6.45, 7) is 4.14. The van der Waals surface area contributed by atoms with E-state index in [2.05, 4.69) is 15.5 Å². The standard InChI is InChI=1S/C15H17Cl2N3O2S/c1-9-8-11(17)5-6-12(9)22-7-3-4-13-19-20-15(23-13)18-14(21)10(2)16/h5-6,8,10H,3-4,7H2,1-2H3,(H,18,20,21). The van der Waals surface area contributed by atoms with Crippen LogP contribution in [0.4, 0.5) is 5.13 Å². The molecule has 0 bridgehead atoms. The number of aryl methyl sites for hydroxylation is 2. The van der Waals surface area contributed by atoms with Gasteiger partial charge in [-0.25, -0.2) is 0 Å². The number of aromatic nitrogens is 2. The first-order chi connectivity index (χ1) is 11.0. The summed E-state index contributed by atoms with van der Waals surface area (Å²) < 4.78 is 5.73. The average molecular weight is 374 g/mol. The minimum Gasteiger partial charge on any atom is -0.493 e. The molecule has 1 unspecified atom stereocenters. The van der Waals surface area contributed by atoms with Crippen molar-refractivity contribution >= 4 is 45.6 Å². The average Bonchev–Trinajstić information content (AvgIpc) is 2.92.